The first-order valence-corrected chi connectivity index (χ1v) is 8.28. The third-order valence-electron chi connectivity index (χ3n) is 3.56. The molecular weight excluding hydrogens is 359 g/mol. The number of benzene rings is 1. The van der Waals surface area contributed by atoms with E-state index in [0.29, 0.717) is 15.7 Å². The van der Waals surface area contributed by atoms with Crippen LogP contribution in [0.1, 0.15) is 0 Å². The number of nitrogens with one attached hydrogen (secondary N) is 2. The van der Waals surface area contributed by atoms with Gasteiger partial charge in [0.25, 0.3) is 0 Å². The summed E-state index contributed by atoms with van der Waals surface area (Å²) in [5, 5.41) is 4.70. The predicted molar refractivity (Wildman–Crippen MR) is 103 cm³/mol. The maximum atomic E-state index is 12.0. The van der Waals surface area contributed by atoms with Crippen LogP contribution in [0.4, 0.5) is 5.69 Å². The summed E-state index contributed by atoms with van der Waals surface area (Å²) in [5.74, 6) is -0.255. The molecule has 1 aromatic carbocycles. The van der Waals surface area contributed by atoms with Gasteiger partial charge in [-0.3, -0.25) is 4.79 Å². The molecule has 7 heteroatoms. The number of aromatic nitrogens is 2. The van der Waals surface area contributed by atoms with Crippen LogP contribution in [-0.4, -0.2) is 34.9 Å². The van der Waals surface area contributed by atoms with Gasteiger partial charge < -0.3 is 15.2 Å². The summed E-state index contributed by atoms with van der Waals surface area (Å²) in [6, 6.07) is 7.37. The van der Waals surface area contributed by atoms with Gasteiger partial charge in [0.15, 0.2) is 0 Å². The van der Waals surface area contributed by atoms with E-state index in [4.69, 9.17) is 23.2 Å². The van der Waals surface area contributed by atoms with E-state index in [-0.39, 0.29) is 5.91 Å². The molecule has 1 amide bonds. The minimum atomic E-state index is -0.255. The highest BCUT2D eigenvalue weighted by molar-refractivity contribution is 6.35. The van der Waals surface area contributed by atoms with Gasteiger partial charge in [-0.15, -0.1) is 0 Å². The molecule has 3 rings (SSSR count). The van der Waals surface area contributed by atoms with Crippen molar-refractivity contribution in [2.45, 2.75) is 0 Å². The second-order valence-electron chi connectivity index (χ2n) is 5.72. The molecule has 2 N–H and O–H groups in total. The van der Waals surface area contributed by atoms with Crippen LogP contribution in [0.25, 0.3) is 22.2 Å². The van der Waals surface area contributed by atoms with Crippen molar-refractivity contribution in [3.63, 3.8) is 0 Å². The smallest absolute Gasteiger partial charge is 0.249 e. The second kappa shape index (κ2) is 7.17. The fourth-order valence-corrected chi connectivity index (χ4v) is 2.68. The highest BCUT2D eigenvalue weighted by Gasteiger charge is 2.09. The van der Waals surface area contributed by atoms with Gasteiger partial charge in [0.1, 0.15) is 5.65 Å². The lowest BCUT2D eigenvalue weighted by Gasteiger charge is -2.09. The largest absolute Gasteiger partial charge is 0.383 e. The molecule has 0 atom stereocenters. The van der Waals surface area contributed by atoms with Crippen molar-refractivity contribution in [1.29, 1.82) is 0 Å². The first kappa shape index (κ1) is 17.3. The summed E-state index contributed by atoms with van der Waals surface area (Å²) in [5.41, 5.74) is 3.02. The van der Waals surface area contributed by atoms with Gasteiger partial charge in [-0.05, 0) is 23.8 Å². The van der Waals surface area contributed by atoms with Gasteiger partial charge in [-0.25, -0.2) is 4.98 Å². The van der Waals surface area contributed by atoms with E-state index in [9.17, 15) is 4.79 Å². The number of aromatic amines is 1. The lowest BCUT2D eigenvalue weighted by Crippen LogP contribution is -2.10. The number of carbonyl (C=O) groups excluding carboxylic acids is 1. The first-order valence-electron chi connectivity index (χ1n) is 7.52. The first-order chi connectivity index (χ1) is 11.9. The standard InChI is InChI=1S/C18H16Cl2N4O/c1-24(2)6-5-17(25)23-16-8-11(3-4-14(16)19)12-7-13-15(20)10-22-18(13)21-9-12/h3-10H,1-2H3,(H,21,22)(H,23,25). The lowest BCUT2D eigenvalue weighted by molar-refractivity contribution is -0.112. The number of halogens is 2. The van der Waals surface area contributed by atoms with E-state index >= 15 is 0 Å². The summed E-state index contributed by atoms with van der Waals surface area (Å²) in [4.78, 5) is 21.1. The number of carbonyl (C=O) groups is 1. The molecular formula is C18H16Cl2N4O. The Morgan fingerprint density at radius 1 is 1.20 bits per heavy atom. The number of nitrogens with zero attached hydrogens (tertiary/aromatic N) is 2. The van der Waals surface area contributed by atoms with Crippen molar-refractivity contribution in [2.75, 3.05) is 19.4 Å². The van der Waals surface area contributed by atoms with Crippen LogP contribution in [0.5, 0.6) is 0 Å². The van der Waals surface area contributed by atoms with Crippen molar-refractivity contribution < 1.29 is 4.79 Å². The Kier molecular flexibility index (Phi) is 4.97. The Labute approximate surface area is 155 Å². The molecule has 0 unspecified atom stereocenters. The zero-order valence-corrected chi connectivity index (χ0v) is 15.2. The maximum Gasteiger partial charge on any atom is 0.249 e. The molecule has 5 nitrogen and oxygen atoms in total. The Balaban J connectivity index is 1.92. The molecule has 128 valence electrons. The van der Waals surface area contributed by atoms with E-state index in [2.05, 4.69) is 15.3 Å². The SMILES string of the molecule is CN(C)C=CC(=O)Nc1cc(-c2cnc3[nH]cc(Cl)c3c2)ccc1Cl. The maximum absolute atomic E-state index is 12.0. The third-order valence-corrected chi connectivity index (χ3v) is 4.20. The highest BCUT2D eigenvalue weighted by atomic mass is 35.5. The van der Waals surface area contributed by atoms with Crippen LogP contribution in [0.15, 0.2) is 48.9 Å². The fraction of sp³-hybridized carbons (Fsp3) is 0.111. The number of amides is 1. The van der Waals surface area contributed by atoms with Gasteiger partial charge in [0.2, 0.25) is 5.91 Å². The van der Waals surface area contributed by atoms with Crippen LogP contribution < -0.4 is 5.32 Å². The molecule has 25 heavy (non-hydrogen) atoms. The number of hydrogen-bond acceptors (Lipinski definition) is 3. The Morgan fingerprint density at radius 3 is 2.76 bits per heavy atom. The fourth-order valence-electron chi connectivity index (χ4n) is 2.32. The highest BCUT2D eigenvalue weighted by Crippen LogP contribution is 2.31. The van der Waals surface area contributed by atoms with Crippen LogP contribution in [0, 0.1) is 0 Å². The molecule has 2 aromatic heterocycles. The van der Waals surface area contributed by atoms with Crippen LogP contribution in [0.2, 0.25) is 10.0 Å². The summed E-state index contributed by atoms with van der Waals surface area (Å²) in [7, 11) is 3.68. The Bertz CT molecular complexity index is 963. The molecule has 0 spiro atoms. The van der Waals surface area contributed by atoms with E-state index < -0.39 is 0 Å². The number of rotatable bonds is 4. The molecule has 0 aliphatic rings. The average molecular weight is 375 g/mol. The second-order valence-corrected chi connectivity index (χ2v) is 6.53. The number of anilines is 1. The molecule has 3 aromatic rings. The molecule has 0 bridgehead atoms. The molecule has 0 aliphatic heterocycles. The quantitative estimate of drug-likeness (QED) is 0.658. The topological polar surface area (TPSA) is 61.0 Å². The lowest BCUT2D eigenvalue weighted by atomic mass is 10.1. The zero-order chi connectivity index (χ0) is 18.0. The summed E-state index contributed by atoms with van der Waals surface area (Å²) >= 11 is 12.4. The summed E-state index contributed by atoms with van der Waals surface area (Å²) < 4.78 is 0. The van der Waals surface area contributed by atoms with E-state index in [1.165, 1.54) is 6.08 Å². The average Bonchev–Trinajstić information content (AvgIpc) is 2.96. The molecule has 0 fully saturated rings. The molecule has 0 aliphatic carbocycles. The van der Waals surface area contributed by atoms with Crippen LogP contribution >= 0.6 is 23.2 Å². The van der Waals surface area contributed by atoms with Crippen molar-refractivity contribution in [3.8, 4) is 11.1 Å². The van der Waals surface area contributed by atoms with Crippen molar-refractivity contribution in [3.05, 3.63) is 59.0 Å². The van der Waals surface area contributed by atoms with E-state index in [1.807, 2.05) is 32.3 Å². The van der Waals surface area contributed by atoms with Gasteiger partial charge in [0.05, 0.1) is 15.7 Å². The van der Waals surface area contributed by atoms with Crippen LogP contribution in [0.3, 0.4) is 0 Å². The normalized spacial score (nSPS) is 11.2. The van der Waals surface area contributed by atoms with Gasteiger partial charge >= 0.3 is 0 Å². The van der Waals surface area contributed by atoms with Crippen molar-refractivity contribution >= 4 is 45.8 Å². The Hall–Kier alpha value is -2.50. The minimum Gasteiger partial charge on any atom is -0.383 e. The van der Waals surface area contributed by atoms with Gasteiger partial charge in [-0.1, -0.05) is 29.3 Å². The number of hydrogen-bond donors (Lipinski definition) is 2. The zero-order valence-electron chi connectivity index (χ0n) is 13.7. The summed E-state index contributed by atoms with van der Waals surface area (Å²) in [6.45, 7) is 0. The van der Waals surface area contributed by atoms with E-state index in [1.54, 1.807) is 29.6 Å². The van der Waals surface area contributed by atoms with Crippen LogP contribution in [-0.2, 0) is 4.79 Å². The number of H-pyrrole nitrogens is 1. The van der Waals surface area contributed by atoms with Gasteiger partial charge in [0, 0.05) is 49.7 Å². The van der Waals surface area contributed by atoms with Crippen molar-refractivity contribution in [2.24, 2.45) is 0 Å². The van der Waals surface area contributed by atoms with E-state index in [0.717, 1.165) is 22.2 Å². The number of fused-ring (bicyclic) bond motifs is 1. The molecule has 0 saturated heterocycles. The summed E-state index contributed by atoms with van der Waals surface area (Å²) in [6.07, 6.45) is 6.55. The molecule has 0 saturated carbocycles. The monoisotopic (exact) mass is 374 g/mol. The predicted octanol–water partition coefficient (Wildman–Crippen LogP) is 4.55. The molecule has 0 radical (unpaired) electrons. The minimum absolute atomic E-state index is 0.255. The third kappa shape index (κ3) is 3.95. The number of pyridine rings is 1. The Morgan fingerprint density at radius 2 is 2.00 bits per heavy atom. The van der Waals surface area contributed by atoms with Gasteiger partial charge in [-0.2, -0.15) is 0 Å². The van der Waals surface area contributed by atoms with Crippen molar-refractivity contribution in [1.82, 2.24) is 14.9 Å². The molecule has 2 heterocycles.